The van der Waals surface area contributed by atoms with Crippen LogP contribution < -0.4 is 4.74 Å². The van der Waals surface area contributed by atoms with Gasteiger partial charge in [-0.3, -0.25) is 10.1 Å². The molecule has 0 unspecified atom stereocenters. The van der Waals surface area contributed by atoms with Gasteiger partial charge < -0.3 is 4.74 Å². The van der Waals surface area contributed by atoms with Crippen molar-refractivity contribution in [1.82, 2.24) is 4.98 Å². The first-order chi connectivity index (χ1) is 9.52. The number of non-ortho nitro benzene ring substituents is 1. The summed E-state index contributed by atoms with van der Waals surface area (Å²) in [5.41, 5.74) is 0.442. The van der Waals surface area contributed by atoms with Crippen molar-refractivity contribution >= 4 is 5.69 Å². The summed E-state index contributed by atoms with van der Waals surface area (Å²) in [5, 5.41) is 19.5. The highest BCUT2D eigenvalue weighted by atomic mass is 19.1. The van der Waals surface area contributed by atoms with Gasteiger partial charge in [0.15, 0.2) is 11.6 Å². The maximum absolute atomic E-state index is 13.7. The van der Waals surface area contributed by atoms with Gasteiger partial charge in [-0.25, -0.2) is 9.37 Å². The lowest BCUT2D eigenvalue weighted by atomic mass is 10.2. The second-order valence-corrected chi connectivity index (χ2v) is 3.89. The van der Waals surface area contributed by atoms with Gasteiger partial charge in [-0.15, -0.1) is 0 Å². The summed E-state index contributed by atoms with van der Waals surface area (Å²) in [6.45, 7) is 1.69. The SMILES string of the molecule is Cc1ccnc(Oc2ccc([N+](=O)[O-])cc2F)c1C#N. The van der Waals surface area contributed by atoms with Crippen molar-refractivity contribution in [2.75, 3.05) is 0 Å². The number of rotatable bonds is 3. The van der Waals surface area contributed by atoms with Crippen LogP contribution in [0.4, 0.5) is 10.1 Å². The van der Waals surface area contributed by atoms with E-state index in [4.69, 9.17) is 10.00 Å². The van der Waals surface area contributed by atoms with E-state index in [2.05, 4.69) is 4.98 Å². The molecule has 2 aromatic rings. The Morgan fingerprint density at radius 1 is 1.45 bits per heavy atom. The molecular weight excluding hydrogens is 265 g/mol. The first kappa shape index (κ1) is 13.4. The highest BCUT2D eigenvalue weighted by Crippen LogP contribution is 2.28. The minimum absolute atomic E-state index is 0.0414. The van der Waals surface area contributed by atoms with Crippen LogP contribution in [-0.2, 0) is 0 Å². The largest absolute Gasteiger partial charge is 0.435 e. The van der Waals surface area contributed by atoms with Crippen LogP contribution in [0.25, 0.3) is 0 Å². The van der Waals surface area contributed by atoms with E-state index in [0.29, 0.717) is 5.56 Å². The van der Waals surface area contributed by atoms with E-state index in [-0.39, 0.29) is 22.9 Å². The first-order valence-electron chi connectivity index (χ1n) is 5.50. The Bertz CT molecular complexity index is 725. The number of nitriles is 1. The topological polar surface area (TPSA) is 89.1 Å². The molecule has 0 N–H and O–H groups in total. The Morgan fingerprint density at radius 2 is 2.20 bits per heavy atom. The third kappa shape index (κ3) is 2.54. The maximum atomic E-state index is 13.7. The highest BCUT2D eigenvalue weighted by molar-refractivity contribution is 5.46. The molecule has 0 saturated carbocycles. The zero-order chi connectivity index (χ0) is 14.7. The van der Waals surface area contributed by atoms with Crippen molar-refractivity contribution in [3.8, 4) is 17.7 Å². The van der Waals surface area contributed by atoms with Crippen LogP contribution in [0.5, 0.6) is 11.6 Å². The van der Waals surface area contributed by atoms with Gasteiger partial charge in [0.05, 0.1) is 11.0 Å². The van der Waals surface area contributed by atoms with Crippen molar-refractivity contribution in [2.24, 2.45) is 0 Å². The second-order valence-electron chi connectivity index (χ2n) is 3.89. The monoisotopic (exact) mass is 273 g/mol. The third-order valence-electron chi connectivity index (χ3n) is 2.57. The summed E-state index contributed by atoms with van der Waals surface area (Å²) in [6.07, 6.45) is 1.43. The summed E-state index contributed by atoms with van der Waals surface area (Å²) in [4.78, 5) is 13.7. The van der Waals surface area contributed by atoms with Gasteiger partial charge in [-0.05, 0) is 24.6 Å². The summed E-state index contributed by atoms with van der Waals surface area (Å²) in [7, 11) is 0. The molecule has 1 aromatic heterocycles. The van der Waals surface area contributed by atoms with Gasteiger partial charge in [0.25, 0.3) is 5.69 Å². The Kier molecular flexibility index (Phi) is 3.57. The summed E-state index contributed by atoms with van der Waals surface area (Å²) >= 11 is 0. The van der Waals surface area contributed by atoms with Crippen LogP contribution in [-0.4, -0.2) is 9.91 Å². The van der Waals surface area contributed by atoms with Crippen LogP contribution in [0.15, 0.2) is 30.5 Å². The number of aryl methyl sites for hydroxylation is 1. The van der Waals surface area contributed by atoms with E-state index in [1.165, 1.54) is 6.20 Å². The molecule has 0 bridgehead atoms. The maximum Gasteiger partial charge on any atom is 0.272 e. The Labute approximate surface area is 113 Å². The number of hydrogen-bond acceptors (Lipinski definition) is 5. The van der Waals surface area contributed by atoms with Gasteiger partial charge in [-0.1, -0.05) is 0 Å². The smallest absolute Gasteiger partial charge is 0.272 e. The van der Waals surface area contributed by atoms with Gasteiger partial charge in [-0.2, -0.15) is 5.26 Å². The predicted molar refractivity (Wildman–Crippen MR) is 66.8 cm³/mol. The normalized spacial score (nSPS) is 9.85. The number of nitrogens with zero attached hydrogens (tertiary/aromatic N) is 3. The molecule has 6 nitrogen and oxygen atoms in total. The van der Waals surface area contributed by atoms with Crippen LogP contribution in [0.2, 0.25) is 0 Å². The standard InChI is InChI=1S/C13H8FN3O3/c1-8-4-5-16-13(10(8)7-15)20-12-3-2-9(17(18)19)6-11(12)14/h2-6H,1H3. The Balaban J connectivity index is 2.39. The van der Waals surface area contributed by atoms with Gasteiger partial charge >= 0.3 is 0 Å². The van der Waals surface area contributed by atoms with Crippen molar-refractivity contribution < 1.29 is 14.1 Å². The molecule has 0 aliphatic heterocycles. The molecule has 0 amide bonds. The number of pyridine rings is 1. The Morgan fingerprint density at radius 3 is 2.80 bits per heavy atom. The van der Waals surface area contributed by atoms with Gasteiger partial charge in [0.1, 0.15) is 11.6 Å². The van der Waals surface area contributed by atoms with E-state index in [1.54, 1.807) is 13.0 Å². The molecule has 0 atom stereocenters. The molecule has 0 aliphatic rings. The van der Waals surface area contributed by atoms with E-state index >= 15 is 0 Å². The number of halogens is 1. The third-order valence-corrected chi connectivity index (χ3v) is 2.57. The fourth-order valence-corrected chi connectivity index (χ4v) is 1.54. The quantitative estimate of drug-likeness (QED) is 0.633. The summed E-state index contributed by atoms with van der Waals surface area (Å²) in [5.74, 6) is -1.17. The van der Waals surface area contributed by atoms with Crippen LogP contribution in [0.1, 0.15) is 11.1 Å². The lowest BCUT2D eigenvalue weighted by Crippen LogP contribution is -1.97. The minimum atomic E-state index is -0.897. The van der Waals surface area contributed by atoms with E-state index in [0.717, 1.165) is 18.2 Å². The molecule has 0 aliphatic carbocycles. The molecule has 2 rings (SSSR count). The van der Waals surface area contributed by atoms with Crippen molar-refractivity contribution in [2.45, 2.75) is 6.92 Å². The average molecular weight is 273 g/mol. The first-order valence-corrected chi connectivity index (χ1v) is 5.50. The molecule has 7 heteroatoms. The number of aromatic nitrogens is 1. The number of benzene rings is 1. The molecular formula is C13H8FN3O3. The minimum Gasteiger partial charge on any atom is -0.435 e. The molecule has 0 radical (unpaired) electrons. The average Bonchev–Trinajstić information content (AvgIpc) is 2.41. The lowest BCUT2D eigenvalue weighted by Gasteiger charge is -2.08. The number of nitro groups is 1. The number of nitro benzene ring substituents is 1. The van der Waals surface area contributed by atoms with E-state index in [1.807, 2.05) is 6.07 Å². The summed E-state index contributed by atoms with van der Waals surface area (Å²) < 4.78 is 18.9. The predicted octanol–water partition coefficient (Wildman–Crippen LogP) is 3.10. The molecule has 20 heavy (non-hydrogen) atoms. The van der Waals surface area contributed by atoms with Crippen molar-refractivity contribution in [3.63, 3.8) is 0 Å². The van der Waals surface area contributed by atoms with E-state index < -0.39 is 10.7 Å². The molecule has 1 heterocycles. The molecule has 1 aromatic carbocycles. The highest BCUT2D eigenvalue weighted by Gasteiger charge is 2.15. The molecule has 0 fully saturated rings. The van der Waals surface area contributed by atoms with Crippen LogP contribution in [0.3, 0.4) is 0 Å². The van der Waals surface area contributed by atoms with Crippen LogP contribution >= 0.6 is 0 Å². The van der Waals surface area contributed by atoms with Gasteiger partial charge in [0, 0.05) is 12.3 Å². The van der Waals surface area contributed by atoms with E-state index in [9.17, 15) is 14.5 Å². The fourth-order valence-electron chi connectivity index (χ4n) is 1.54. The lowest BCUT2D eigenvalue weighted by molar-refractivity contribution is -0.385. The van der Waals surface area contributed by atoms with Gasteiger partial charge in [0.2, 0.25) is 5.88 Å². The molecule has 0 spiro atoms. The van der Waals surface area contributed by atoms with Crippen LogP contribution in [0, 0.1) is 34.2 Å². The summed E-state index contributed by atoms with van der Waals surface area (Å²) in [6, 6.07) is 6.52. The molecule has 0 saturated heterocycles. The van der Waals surface area contributed by atoms with Crippen molar-refractivity contribution in [1.29, 1.82) is 5.26 Å². The fraction of sp³-hybridized carbons (Fsp3) is 0.0769. The number of ether oxygens (including phenoxy) is 1. The molecule has 100 valence electrons. The number of hydrogen-bond donors (Lipinski definition) is 0. The zero-order valence-corrected chi connectivity index (χ0v) is 10.3. The van der Waals surface area contributed by atoms with Crippen molar-refractivity contribution in [3.05, 3.63) is 57.5 Å². The second kappa shape index (κ2) is 5.32. The Hall–Kier alpha value is -3.01. The zero-order valence-electron chi connectivity index (χ0n) is 10.3.